The van der Waals surface area contributed by atoms with Gasteiger partial charge in [-0.3, -0.25) is 9.13 Å². The number of hydrogen-bond acceptors (Lipinski definition) is 2. The number of aryl methyl sites for hydroxylation is 1. The van der Waals surface area contributed by atoms with E-state index in [0.717, 1.165) is 17.2 Å². The van der Waals surface area contributed by atoms with Crippen LogP contribution < -0.4 is 0 Å². The Morgan fingerprint density at radius 1 is 0.406 bits per heavy atom. The van der Waals surface area contributed by atoms with Crippen molar-refractivity contribution >= 4 is 21.5 Å². The van der Waals surface area contributed by atoms with Gasteiger partial charge in [-0.25, -0.2) is 9.97 Å². The molecule has 0 fully saturated rings. The molecule has 4 heteroatoms. The molecule has 0 radical (unpaired) electrons. The molecular formula is C60H66N4. The lowest BCUT2D eigenvalue weighted by Gasteiger charge is -2.24. The van der Waals surface area contributed by atoms with E-state index in [4.69, 9.17) is 9.97 Å². The van der Waals surface area contributed by atoms with E-state index in [1.165, 1.54) is 83.8 Å². The van der Waals surface area contributed by atoms with Crippen LogP contribution in [-0.2, 0) is 0 Å². The van der Waals surface area contributed by atoms with Crippen LogP contribution in [0, 0.1) is 6.92 Å². The second-order valence-corrected chi connectivity index (χ2v) is 18.3. The first-order valence-corrected chi connectivity index (χ1v) is 23.3. The minimum Gasteiger partial charge on any atom is -0.299 e. The molecule has 0 amide bonds. The first kappa shape index (κ1) is 45.5. The first-order chi connectivity index (χ1) is 30.9. The number of aromatic nitrogens is 4. The zero-order valence-electron chi connectivity index (χ0n) is 39.9. The van der Waals surface area contributed by atoms with Crippen molar-refractivity contribution in [3.05, 3.63) is 192 Å². The molecule has 326 valence electrons. The van der Waals surface area contributed by atoms with E-state index < -0.39 is 0 Å². The molecule has 0 aliphatic heterocycles. The van der Waals surface area contributed by atoms with Crippen molar-refractivity contribution in [2.45, 2.75) is 106 Å². The van der Waals surface area contributed by atoms with E-state index >= 15 is 0 Å². The van der Waals surface area contributed by atoms with Gasteiger partial charge < -0.3 is 0 Å². The van der Waals surface area contributed by atoms with Crippen LogP contribution in [0.15, 0.2) is 164 Å². The van der Waals surface area contributed by atoms with E-state index in [-0.39, 0.29) is 0 Å². The molecule has 0 aliphatic carbocycles. The summed E-state index contributed by atoms with van der Waals surface area (Å²) in [5, 5.41) is 5.00. The van der Waals surface area contributed by atoms with Crippen molar-refractivity contribution in [2.75, 3.05) is 0 Å². The van der Waals surface area contributed by atoms with Crippen molar-refractivity contribution in [2.24, 2.45) is 0 Å². The second kappa shape index (κ2) is 20.3. The smallest absolute Gasteiger partial charge is 0.144 e. The number of para-hydroxylation sites is 1. The Hall–Kier alpha value is -6.52. The molecule has 0 saturated heterocycles. The molecule has 2 heterocycles. The molecule has 64 heavy (non-hydrogen) atoms. The highest BCUT2D eigenvalue weighted by molar-refractivity contribution is 5.89. The van der Waals surface area contributed by atoms with Gasteiger partial charge in [0.1, 0.15) is 11.6 Å². The van der Waals surface area contributed by atoms with Crippen molar-refractivity contribution < 1.29 is 0 Å². The minimum absolute atomic E-state index is 0.379. The van der Waals surface area contributed by atoms with Gasteiger partial charge in [-0.05, 0) is 115 Å². The second-order valence-electron chi connectivity index (χ2n) is 18.3. The van der Waals surface area contributed by atoms with E-state index in [0.29, 0.717) is 23.7 Å². The molecule has 0 unspecified atom stereocenters. The summed E-state index contributed by atoms with van der Waals surface area (Å²) >= 11 is 0. The average molecular weight is 843 g/mol. The van der Waals surface area contributed by atoms with Gasteiger partial charge in [0.05, 0.1) is 11.4 Å². The van der Waals surface area contributed by atoms with Crippen molar-refractivity contribution in [1.29, 1.82) is 0 Å². The van der Waals surface area contributed by atoms with Gasteiger partial charge in [0.25, 0.3) is 0 Å². The van der Waals surface area contributed by atoms with Crippen molar-refractivity contribution in [1.82, 2.24) is 19.1 Å². The Morgan fingerprint density at radius 3 is 1.41 bits per heavy atom. The third kappa shape index (κ3) is 9.67. The van der Waals surface area contributed by atoms with Gasteiger partial charge in [0.15, 0.2) is 0 Å². The number of benzene rings is 7. The van der Waals surface area contributed by atoms with Crippen LogP contribution in [0.5, 0.6) is 0 Å². The summed E-state index contributed by atoms with van der Waals surface area (Å²) < 4.78 is 4.59. The number of nitrogens with zero attached hydrogens (tertiary/aromatic N) is 4. The minimum atomic E-state index is 0.379. The fraction of sp³-hybridized carbons (Fsp3) is 0.267. The van der Waals surface area contributed by atoms with E-state index in [1.807, 2.05) is 12.4 Å². The van der Waals surface area contributed by atoms with Crippen LogP contribution in [0.25, 0.3) is 66.8 Å². The maximum atomic E-state index is 4.87. The molecule has 0 N–H and O–H groups in total. The molecule has 9 rings (SSSR count). The highest BCUT2D eigenvalue weighted by Crippen LogP contribution is 2.39. The van der Waals surface area contributed by atoms with Crippen LogP contribution >= 0.6 is 0 Å². The lowest BCUT2D eigenvalue weighted by atomic mass is 9.88. The molecule has 0 bridgehead atoms. The zero-order valence-corrected chi connectivity index (χ0v) is 39.9. The molecule has 9 aromatic rings. The molecular weight excluding hydrogens is 777 g/mol. The number of hydrogen-bond donors (Lipinski definition) is 0. The topological polar surface area (TPSA) is 35.6 Å². The van der Waals surface area contributed by atoms with Gasteiger partial charge in [0.2, 0.25) is 0 Å². The lowest BCUT2D eigenvalue weighted by molar-refractivity contribution is 0.806. The number of rotatable bonds is 9. The summed E-state index contributed by atoms with van der Waals surface area (Å²) in [6, 6.07) is 50.3. The lowest BCUT2D eigenvalue weighted by Crippen LogP contribution is -2.09. The predicted octanol–water partition coefficient (Wildman–Crippen LogP) is 17.3. The standard InChI is InChI=1S/C32H32N2.C25H26N2.C3H8/c1-21(2)28-19-27(24-11-7-6-8-12-24)20-29(22(3)4)31(28)34-16-15-33-32(34)30-18-26-14-10-9-13-25(26)17-23(30)5;1-17(2)22-10-7-11-23(18(3)4)24(22)27-15-14-26-25(27)21-13-12-19-8-5-6-9-20(19)16-21;1-3-2/h6-22H,1-5H3;5-18H,1-4H3;3H2,1-2H3. The molecule has 7 aromatic carbocycles. The van der Waals surface area contributed by atoms with Crippen LogP contribution in [0.4, 0.5) is 0 Å². The summed E-state index contributed by atoms with van der Waals surface area (Å²) in [6.07, 6.45) is 9.31. The molecule has 2 aromatic heterocycles. The Balaban J connectivity index is 0.000000185. The maximum absolute atomic E-state index is 4.87. The van der Waals surface area contributed by atoms with Gasteiger partial charge in [0, 0.05) is 35.9 Å². The summed E-state index contributed by atoms with van der Waals surface area (Å²) in [5.41, 5.74) is 14.1. The number of fused-ring (bicyclic) bond motifs is 2. The summed E-state index contributed by atoms with van der Waals surface area (Å²) in [7, 11) is 0. The van der Waals surface area contributed by atoms with E-state index in [9.17, 15) is 0 Å². The van der Waals surface area contributed by atoms with Gasteiger partial charge in [-0.15, -0.1) is 0 Å². The average Bonchev–Trinajstić information content (AvgIpc) is 3.99. The zero-order chi connectivity index (χ0) is 45.5. The Morgan fingerprint density at radius 2 is 0.859 bits per heavy atom. The summed E-state index contributed by atoms with van der Waals surface area (Å²) in [6.45, 7) is 24.6. The van der Waals surface area contributed by atoms with Gasteiger partial charge in [-0.2, -0.15) is 0 Å². The maximum Gasteiger partial charge on any atom is 0.144 e. The largest absolute Gasteiger partial charge is 0.299 e. The summed E-state index contributed by atoms with van der Waals surface area (Å²) in [5.74, 6) is 3.65. The van der Waals surface area contributed by atoms with Crippen LogP contribution in [0.1, 0.15) is 127 Å². The SMILES string of the molecule is CC(C)c1cccc(C(C)C)c1-n1ccnc1-c1ccc2ccccc2c1.CCC.Cc1cc2ccccc2cc1-c1nccn1-c1c(C(C)C)cc(-c2ccccc2)cc1C(C)C. The highest BCUT2D eigenvalue weighted by atomic mass is 15.1. The van der Waals surface area contributed by atoms with E-state index in [1.54, 1.807) is 0 Å². The normalized spacial score (nSPS) is 11.4. The van der Waals surface area contributed by atoms with Crippen LogP contribution in [-0.4, -0.2) is 19.1 Å². The van der Waals surface area contributed by atoms with Crippen molar-refractivity contribution in [3.63, 3.8) is 0 Å². The molecule has 0 saturated carbocycles. The predicted molar refractivity (Wildman–Crippen MR) is 276 cm³/mol. The summed E-state index contributed by atoms with van der Waals surface area (Å²) in [4.78, 5) is 9.61. The quantitative estimate of drug-likeness (QED) is 0.145. The Kier molecular flexibility index (Phi) is 14.5. The molecule has 0 atom stereocenters. The third-order valence-corrected chi connectivity index (χ3v) is 12.0. The van der Waals surface area contributed by atoms with E-state index in [2.05, 4.69) is 237 Å². The Bertz CT molecular complexity index is 2900. The fourth-order valence-electron chi connectivity index (χ4n) is 8.73. The van der Waals surface area contributed by atoms with Crippen LogP contribution in [0.3, 0.4) is 0 Å². The van der Waals surface area contributed by atoms with Crippen molar-refractivity contribution in [3.8, 4) is 45.3 Å². The number of imidazole rings is 2. The molecule has 0 aliphatic rings. The molecule has 4 nitrogen and oxygen atoms in total. The van der Waals surface area contributed by atoms with Gasteiger partial charge in [-0.1, -0.05) is 191 Å². The monoisotopic (exact) mass is 843 g/mol. The van der Waals surface area contributed by atoms with Crippen LogP contribution in [0.2, 0.25) is 0 Å². The van der Waals surface area contributed by atoms with Gasteiger partial charge >= 0.3 is 0 Å². The molecule has 0 spiro atoms. The Labute approximate surface area is 382 Å². The highest BCUT2D eigenvalue weighted by Gasteiger charge is 2.22. The first-order valence-electron chi connectivity index (χ1n) is 23.3. The fourth-order valence-corrected chi connectivity index (χ4v) is 8.73. The third-order valence-electron chi connectivity index (χ3n) is 12.0.